The van der Waals surface area contributed by atoms with Crippen molar-refractivity contribution in [3.05, 3.63) is 70.5 Å². The van der Waals surface area contributed by atoms with Gasteiger partial charge in [-0.25, -0.2) is 4.39 Å². The van der Waals surface area contributed by atoms with Gasteiger partial charge < -0.3 is 10.0 Å². The van der Waals surface area contributed by atoms with Crippen LogP contribution in [-0.2, 0) is 23.6 Å². The summed E-state index contributed by atoms with van der Waals surface area (Å²) >= 11 is 0. The summed E-state index contributed by atoms with van der Waals surface area (Å²) in [5.41, 5.74) is -2.65. The van der Waals surface area contributed by atoms with E-state index in [1.165, 1.54) is 29.0 Å². The average molecular weight is 480 g/mol. The van der Waals surface area contributed by atoms with Crippen LogP contribution in [0.3, 0.4) is 0 Å². The van der Waals surface area contributed by atoms with Gasteiger partial charge in [0.05, 0.1) is 17.7 Å². The Labute approximate surface area is 186 Å². The van der Waals surface area contributed by atoms with Crippen LogP contribution in [-0.4, -0.2) is 54.6 Å². The molecule has 0 aromatic heterocycles. The molecule has 2 aromatic rings. The number of aliphatic hydroxyl groups is 1. The molecule has 1 unspecified atom stereocenters. The molecular formula is C22H23F7N2O2. The lowest BCUT2D eigenvalue weighted by Gasteiger charge is -2.31. The van der Waals surface area contributed by atoms with Crippen molar-refractivity contribution in [1.82, 2.24) is 9.80 Å². The number of amides is 1. The fourth-order valence-electron chi connectivity index (χ4n) is 3.30. The van der Waals surface area contributed by atoms with Crippen molar-refractivity contribution < 1.29 is 40.6 Å². The van der Waals surface area contributed by atoms with E-state index in [-0.39, 0.29) is 37.7 Å². The second kappa shape index (κ2) is 10.5. The topological polar surface area (TPSA) is 43.8 Å². The Kier molecular flexibility index (Phi) is 8.47. The van der Waals surface area contributed by atoms with Crippen LogP contribution in [0.15, 0.2) is 42.5 Å². The van der Waals surface area contributed by atoms with Crippen LogP contribution in [0.1, 0.15) is 28.3 Å². The highest BCUT2D eigenvalue weighted by molar-refractivity contribution is 5.83. The van der Waals surface area contributed by atoms with Gasteiger partial charge in [0.1, 0.15) is 11.9 Å². The number of aliphatic hydroxyl groups excluding tert-OH is 1. The minimum atomic E-state index is -4.96. The second-order valence-electron chi connectivity index (χ2n) is 7.58. The highest BCUT2D eigenvalue weighted by Gasteiger charge is 2.37. The molecule has 11 heteroatoms. The van der Waals surface area contributed by atoms with Gasteiger partial charge in [-0.1, -0.05) is 12.1 Å². The molecule has 33 heavy (non-hydrogen) atoms. The van der Waals surface area contributed by atoms with E-state index >= 15 is 0 Å². The Balaban J connectivity index is 2.26. The smallest absolute Gasteiger partial charge is 0.395 e. The van der Waals surface area contributed by atoms with Crippen molar-refractivity contribution in [2.75, 3.05) is 33.8 Å². The Hall–Kier alpha value is -2.66. The number of likely N-dealkylation sites (N-methyl/N-ethyl adjacent to an activating group) is 2. The molecule has 0 heterocycles. The molecule has 4 nitrogen and oxygen atoms in total. The summed E-state index contributed by atoms with van der Waals surface area (Å²) in [4.78, 5) is 15.8. The van der Waals surface area contributed by atoms with Gasteiger partial charge in [-0.3, -0.25) is 9.69 Å². The number of nitrogens with zero attached hydrogens (tertiary/aromatic N) is 2. The summed E-state index contributed by atoms with van der Waals surface area (Å²) in [7, 11) is 2.92. The van der Waals surface area contributed by atoms with Crippen LogP contribution in [0.25, 0.3) is 0 Å². The minimum Gasteiger partial charge on any atom is -0.395 e. The highest BCUT2D eigenvalue weighted by atomic mass is 19.4. The van der Waals surface area contributed by atoms with Crippen molar-refractivity contribution in [2.24, 2.45) is 0 Å². The van der Waals surface area contributed by atoms with Crippen LogP contribution >= 0.6 is 0 Å². The van der Waals surface area contributed by atoms with Gasteiger partial charge in [0, 0.05) is 20.1 Å². The zero-order valence-corrected chi connectivity index (χ0v) is 17.8. The number of rotatable bonds is 8. The Bertz CT molecular complexity index is 911. The molecule has 0 spiro atoms. The number of benzene rings is 2. The standard InChI is InChI=1S/C22H23F7N2O2/c1-30(9-10-32)19(15-3-5-18(23)6-4-15)20(33)31(2)8-7-14-11-16(21(24,25)26)13-17(12-14)22(27,28)29/h3-6,11-13,19,32H,7-10H2,1-2H3. The quantitative estimate of drug-likeness (QED) is 0.565. The number of carbonyl (C=O) groups is 1. The number of hydrogen-bond donors (Lipinski definition) is 1. The maximum atomic E-state index is 13.3. The molecule has 182 valence electrons. The second-order valence-corrected chi connectivity index (χ2v) is 7.58. The normalized spacial score (nSPS) is 13.3. The van der Waals surface area contributed by atoms with E-state index in [1.54, 1.807) is 7.05 Å². The largest absolute Gasteiger partial charge is 0.416 e. The fraction of sp³-hybridized carbons (Fsp3) is 0.409. The van der Waals surface area contributed by atoms with Crippen molar-refractivity contribution in [3.63, 3.8) is 0 Å². The molecule has 1 amide bonds. The molecule has 1 N–H and O–H groups in total. The van der Waals surface area contributed by atoms with E-state index in [0.29, 0.717) is 17.7 Å². The van der Waals surface area contributed by atoms with Crippen LogP contribution in [0.2, 0.25) is 0 Å². The molecule has 0 saturated carbocycles. The first-order valence-corrected chi connectivity index (χ1v) is 9.84. The van der Waals surface area contributed by atoms with Gasteiger partial charge in [0.25, 0.3) is 0 Å². The third kappa shape index (κ3) is 7.16. The van der Waals surface area contributed by atoms with Crippen molar-refractivity contribution in [1.29, 1.82) is 0 Å². The number of alkyl halides is 6. The van der Waals surface area contributed by atoms with Crippen molar-refractivity contribution in [2.45, 2.75) is 24.8 Å². The molecule has 0 aliphatic rings. The molecule has 2 rings (SSSR count). The molecule has 0 saturated heterocycles. The van der Waals surface area contributed by atoms with E-state index in [4.69, 9.17) is 0 Å². The van der Waals surface area contributed by atoms with Crippen LogP contribution < -0.4 is 0 Å². The van der Waals surface area contributed by atoms with Gasteiger partial charge in [-0.2, -0.15) is 26.3 Å². The van der Waals surface area contributed by atoms with Gasteiger partial charge in [-0.05, 0) is 54.9 Å². The van der Waals surface area contributed by atoms with E-state index in [2.05, 4.69) is 0 Å². The summed E-state index contributed by atoms with van der Waals surface area (Å²) in [6, 6.07) is 5.46. The van der Waals surface area contributed by atoms with E-state index in [1.807, 2.05) is 0 Å². The fourth-order valence-corrected chi connectivity index (χ4v) is 3.30. The van der Waals surface area contributed by atoms with E-state index < -0.39 is 41.2 Å². The lowest BCUT2D eigenvalue weighted by atomic mass is 10.0. The van der Waals surface area contributed by atoms with Crippen LogP contribution in [0, 0.1) is 5.82 Å². The summed E-state index contributed by atoms with van der Waals surface area (Å²) in [5, 5.41) is 9.22. The van der Waals surface area contributed by atoms with Crippen molar-refractivity contribution in [3.8, 4) is 0 Å². The molecule has 0 radical (unpaired) electrons. The molecule has 1 atom stereocenters. The lowest BCUT2D eigenvalue weighted by molar-refractivity contribution is -0.143. The summed E-state index contributed by atoms with van der Waals surface area (Å²) in [6.45, 7) is -0.331. The summed E-state index contributed by atoms with van der Waals surface area (Å²) in [6.07, 6.45) is -10.2. The molecule has 0 aliphatic carbocycles. The van der Waals surface area contributed by atoms with Gasteiger partial charge in [0.15, 0.2) is 0 Å². The lowest BCUT2D eigenvalue weighted by Crippen LogP contribution is -2.41. The first-order valence-electron chi connectivity index (χ1n) is 9.84. The van der Waals surface area contributed by atoms with Crippen LogP contribution in [0.4, 0.5) is 30.7 Å². The summed E-state index contributed by atoms with van der Waals surface area (Å²) in [5.74, 6) is -1.03. The molecule has 0 bridgehead atoms. The molecular weight excluding hydrogens is 457 g/mol. The predicted octanol–water partition coefficient (Wildman–Crippen LogP) is 4.53. The van der Waals surface area contributed by atoms with Gasteiger partial charge in [0.2, 0.25) is 5.91 Å². The number of hydrogen-bond acceptors (Lipinski definition) is 3. The van der Waals surface area contributed by atoms with Crippen LogP contribution in [0.5, 0.6) is 0 Å². The minimum absolute atomic E-state index is 0.0484. The SMILES string of the molecule is CN(CCc1cc(C(F)(F)F)cc(C(F)(F)F)c1)C(=O)C(c1ccc(F)cc1)N(C)CCO. The monoisotopic (exact) mass is 480 g/mol. The predicted molar refractivity (Wildman–Crippen MR) is 107 cm³/mol. The first kappa shape index (κ1) is 26.6. The maximum absolute atomic E-state index is 13.3. The molecule has 0 fully saturated rings. The Morgan fingerprint density at radius 2 is 1.42 bits per heavy atom. The Morgan fingerprint density at radius 1 is 0.909 bits per heavy atom. The highest BCUT2D eigenvalue weighted by Crippen LogP contribution is 2.36. The zero-order valence-electron chi connectivity index (χ0n) is 17.8. The third-order valence-electron chi connectivity index (χ3n) is 5.07. The number of carbonyl (C=O) groups excluding carboxylic acids is 1. The number of halogens is 7. The summed E-state index contributed by atoms with van der Waals surface area (Å²) < 4.78 is 91.7. The van der Waals surface area contributed by atoms with Crippen molar-refractivity contribution >= 4 is 5.91 Å². The maximum Gasteiger partial charge on any atom is 0.416 e. The van der Waals surface area contributed by atoms with Gasteiger partial charge >= 0.3 is 12.4 Å². The zero-order chi connectivity index (χ0) is 25.0. The molecule has 0 aliphatic heterocycles. The third-order valence-corrected chi connectivity index (χ3v) is 5.07. The van der Waals surface area contributed by atoms with E-state index in [9.17, 15) is 40.6 Å². The van der Waals surface area contributed by atoms with Gasteiger partial charge in [-0.15, -0.1) is 0 Å². The Morgan fingerprint density at radius 3 is 1.88 bits per heavy atom. The van der Waals surface area contributed by atoms with E-state index in [0.717, 1.165) is 12.1 Å². The molecule has 2 aromatic carbocycles. The average Bonchev–Trinajstić information content (AvgIpc) is 2.72. The first-order chi connectivity index (χ1) is 15.2.